The van der Waals surface area contributed by atoms with Crippen LogP contribution < -0.4 is 5.32 Å². The Bertz CT molecular complexity index is 384. The van der Waals surface area contributed by atoms with Gasteiger partial charge in [-0.1, -0.05) is 6.92 Å². The van der Waals surface area contributed by atoms with Crippen LogP contribution in [0, 0.1) is 11.7 Å². The number of nitrogens with one attached hydrogen (secondary N) is 1. The first kappa shape index (κ1) is 12.3. The lowest BCUT2D eigenvalue weighted by molar-refractivity contribution is 0.0386. The lowest BCUT2D eigenvalue weighted by atomic mass is 9.97. The summed E-state index contributed by atoms with van der Waals surface area (Å²) >= 11 is 0. The van der Waals surface area contributed by atoms with Crippen LogP contribution in [-0.4, -0.2) is 24.4 Å². The van der Waals surface area contributed by atoms with Gasteiger partial charge in [-0.15, -0.1) is 0 Å². The Balaban J connectivity index is 1.94. The fourth-order valence-electron chi connectivity index (χ4n) is 2.12. The van der Waals surface area contributed by atoms with Crippen LogP contribution in [0.15, 0.2) is 18.2 Å². The fraction of sp³-hybridized carbons (Fsp3) is 0.538. The Morgan fingerprint density at radius 3 is 3.12 bits per heavy atom. The second-order valence-corrected chi connectivity index (χ2v) is 4.60. The number of ether oxygens (including phenoxy) is 1. The number of benzene rings is 1. The topological polar surface area (TPSA) is 41.5 Å². The van der Waals surface area contributed by atoms with E-state index in [-0.39, 0.29) is 11.6 Å². The van der Waals surface area contributed by atoms with E-state index in [4.69, 9.17) is 4.74 Å². The number of phenolic OH excluding ortho intramolecular Hbond substituents is 1. The molecule has 1 aliphatic heterocycles. The van der Waals surface area contributed by atoms with E-state index in [2.05, 4.69) is 12.2 Å². The Labute approximate surface area is 101 Å². The molecule has 1 fully saturated rings. The molecule has 2 rings (SSSR count). The summed E-state index contributed by atoms with van der Waals surface area (Å²) in [7, 11) is 0. The fourth-order valence-corrected chi connectivity index (χ4v) is 2.12. The third-order valence-corrected chi connectivity index (χ3v) is 3.24. The first-order valence-corrected chi connectivity index (χ1v) is 5.95. The molecule has 94 valence electrons. The van der Waals surface area contributed by atoms with Crippen LogP contribution in [0.25, 0.3) is 0 Å². The average Bonchev–Trinajstić information content (AvgIpc) is 2.32. The Morgan fingerprint density at radius 2 is 2.35 bits per heavy atom. The van der Waals surface area contributed by atoms with Crippen molar-refractivity contribution in [2.75, 3.05) is 13.2 Å². The van der Waals surface area contributed by atoms with Crippen molar-refractivity contribution in [3.05, 3.63) is 29.6 Å². The van der Waals surface area contributed by atoms with Crippen molar-refractivity contribution < 1.29 is 14.2 Å². The molecule has 1 aliphatic rings. The van der Waals surface area contributed by atoms with Crippen molar-refractivity contribution in [1.82, 2.24) is 5.32 Å². The maximum absolute atomic E-state index is 13.0. The largest absolute Gasteiger partial charge is 0.508 e. The molecule has 0 radical (unpaired) electrons. The highest BCUT2D eigenvalue weighted by atomic mass is 19.1. The predicted octanol–water partition coefficient (Wildman–Crippen LogP) is 2.05. The second kappa shape index (κ2) is 5.47. The first-order valence-electron chi connectivity index (χ1n) is 5.95. The number of rotatable bonds is 3. The molecule has 4 heteroatoms. The molecule has 0 amide bonds. The Morgan fingerprint density at radius 1 is 1.53 bits per heavy atom. The quantitative estimate of drug-likeness (QED) is 0.848. The van der Waals surface area contributed by atoms with Crippen molar-refractivity contribution in [2.45, 2.75) is 25.9 Å². The van der Waals surface area contributed by atoms with E-state index in [9.17, 15) is 9.50 Å². The van der Waals surface area contributed by atoms with E-state index in [0.717, 1.165) is 19.6 Å². The van der Waals surface area contributed by atoms with Crippen LogP contribution in [0.2, 0.25) is 0 Å². The lowest BCUT2D eigenvalue weighted by Gasteiger charge is -2.29. The number of phenols is 1. The smallest absolute Gasteiger partial charge is 0.123 e. The van der Waals surface area contributed by atoms with Crippen LogP contribution in [0.5, 0.6) is 5.75 Å². The molecule has 1 aromatic carbocycles. The maximum Gasteiger partial charge on any atom is 0.123 e. The molecule has 1 aromatic rings. The van der Waals surface area contributed by atoms with E-state index in [1.807, 2.05) is 0 Å². The normalized spacial score (nSPS) is 24.8. The first-order chi connectivity index (χ1) is 8.16. The van der Waals surface area contributed by atoms with Crippen molar-refractivity contribution >= 4 is 0 Å². The Hall–Kier alpha value is -1.13. The monoisotopic (exact) mass is 239 g/mol. The highest BCUT2D eigenvalue weighted by molar-refractivity contribution is 5.32. The van der Waals surface area contributed by atoms with Crippen molar-refractivity contribution in [3.8, 4) is 5.75 Å². The minimum Gasteiger partial charge on any atom is -0.508 e. The van der Waals surface area contributed by atoms with Crippen molar-refractivity contribution in [2.24, 2.45) is 5.92 Å². The minimum absolute atomic E-state index is 0.138. The Kier molecular flexibility index (Phi) is 3.97. The number of hydrogen-bond donors (Lipinski definition) is 2. The van der Waals surface area contributed by atoms with Gasteiger partial charge in [0.05, 0.1) is 6.61 Å². The summed E-state index contributed by atoms with van der Waals surface area (Å²) in [5.74, 6) is 0.262. The molecule has 2 atom stereocenters. The molecule has 0 spiro atoms. The molecule has 1 saturated heterocycles. The van der Waals surface area contributed by atoms with Gasteiger partial charge in [0.15, 0.2) is 0 Å². The number of aromatic hydroxyl groups is 1. The molecule has 2 unspecified atom stereocenters. The summed E-state index contributed by atoms with van der Waals surface area (Å²) in [4.78, 5) is 0. The summed E-state index contributed by atoms with van der Waals surface area (Å²) in [6.45, 7) is 4.13. The van der Waals surface area contributed by atoms with E-state index in [0.29, 0.717) is 24.1 Å². The van der Waals surface area contributed by atoms with E-state index >= 15 is 0 Å². The second-order valence-electron chi connectivity index (χ2n) is 4.60. The van der Waals surface area contributed by atoms with Gasteiger partial charge in [-0.25, -0.2) is 4.39 Å². The highest BCUT2D eigenvalue weighted by Crippen LogP contribution is 2.19. The van der Waals surface area contributed by atoms with Gasteiger partial charge < -0.3 is 15.2 Å². The zero-order valence-electron chi connectivity index (χ0n) is 9.95. The summed E-state index contributed by atoms with van der Waals surface area (Å²) in [6.07, 6.45) is 0.956. The predicted molar refractivity (Wildman–Crippen MR) is 63.3 cm³/mol. The molecule has 0 saturated carbocycles. The van der Waals surface area contributed by atoms with Crippen LogP contribution in [0.4, 0.5) is 4.39 Å². The van der Waals surface area contributed by atoms with Gasteiger partial charge in [0.1, 0.15) is 11.6 Å². The summed E-state index contributed by atoms with van der Waals surface area (Å²) in [5.41, 5.74) is 0.601. The minimum atomic E-state index is -0.320. The molecule has 0 bridgehead atoms. The van der Waals surface area contributed by atoms with Gasteiger partial charge in [-0.3, -0.25) is 0 Å². The average molecular weight is 239 g/mol. The molecule has 0 aliphatic carbocycles. The van der Waals surface area contributed by atoms with Gasteiger partial charge in [0, 0.05) is 24.8 Å². The third kappa shape index (κ3) is 3.17. The lowest BCUT2D eigenvalue weighted by Crippen LogP contribution is -2.41. The molecular weight excluding hydrogens is 221 g/mol. The third-order valence-electron chi connectivity index (χ3n) is 3.24. The van der Waals surface area contributed by atoms with E-state index < -0.39 is 0 Å². The van der Waals surface area contributed by atoms with Crippen molar-refractivity contribution in [1.29, 1.82) is 0 Å². The molecule has 17 heavy (non-hydrogen) atoms. The molecular formula is C13H18FNO2. The highest BCUT2D eigenvalue weighted by Gasteiger charge is 2.21. The van der Waals surface area contributed by atoms with Crippen molar-refractivity contribution in [3.63, 3.8) is 0 Å². The molecule has 1 heterocycles. The summed E-state index contributed by atoms with van der Waals surface area (Å²) in [6, 6.07) is 4.38. The molecule has 2 N–H and O–H groups in total. The number of hydrogen-bond acceptors (Lipinski definition) is 3. The van der Waals surface area contributed by atoms with Crippen LogP contribution in [-0.2, 0) is 11.3 Å². The van der Waals surface area contributed by atoms with Crippen LogP contribution >= 0.6 is 0 Å². The molecule has 3 nitrogen and oxygen atoms in total. The summed E-state index contributed by atoms with van der Waals surface area (Å²) in [5, 5.41) is 12.9. The van der Waals surface area contributed by atoms with Gasteiger partial charge in [-0.2, -0.15) is 0 Å². The SMILES string of the molecule is CC1COCCC1NCc1cc(F)ccc1O. The van der Waals surface area contributed by atoms with Gasteiger partial charge in [0.2, 0.25) is 0 Å². The zero-order chi connectivity index (χ0) is 12.3. The van der Waals surface area contributed by atoms with E-state index in [1.165, 1.54) is 18.2 Å². The number of halogens is 1. The molecule has 0 aromatic heterocycles. The van der Waals surface area contributed by atoms with Gasteiger partial charge in [-0.05, 0) is 30.5 Å². The summed E-state index contributed by atoms with van der Waals surface area (Å²) < 4.78 is 18.4. The zero-order valence-corrected chi connectivity index (χ0v) is 9.95. The van der Waals surface area contributed by atoms with Gasteiger partial charge in [0.25, 0.3) is 0 Å². The maximum atomic E-state index is 13.0. The van der Waals surface area contributed by atoms with Gasteiger partial charge >= 0.3 is 0 Å². The van der Waals surface area contributed by atoms with E-state index in [1.54, 1.807) is 0 Å². The van der Waals surface area contributed by atoms with Crippen LogP contribution in [0.1, 0.15) is 18.9 Å². The standard InChI is InChI=1S/C13H18FNO2/c1-9-8-17-5-4-12(9)15-7-10-6-11(14)2-3-13(10)16/h2-3,6,9,12,15-16H,4-5,7-8H2,1H3. The van der Waals surface area contributed by atoms with Crippen LogP contribution in [0.3, 0.4) is 0 Å².